The van der Waals surface area contributed by atoms with Crippen molar-refractivity contribution in [1.82, 2.24) is 15.1 Å². The lowest BCUT2D eigenvalue weighted by Crippen LogP contribution is -2.41. The Morgan fingerprint density at radius 1 is 1.33 bits per heavy atom. The van der Waals surface area contributed by atoms with Crippen LogP contribution in [-0.2, 0) is 17.6 Å². The van der Waals surface area contributed by atoms with Crippen LogP contribution in [0.15, 0.2) is 12.1 Å². The first kappa shape index (κ1) is 16.6. The zero-order chi connectivity index (χ0) is 17.4. The molecule has 0 spiro atoms. The second-order valence-electron chi connectivity index (χ2n) is 6.32. The minimum atomic E-state index is -0.858. The van der Waals surface area contributed by atoms with Gasteiger partial charge in [-0.05, 0) is 49.9 Å². The van der Waals surface area contributed by atoms with Crippen LogP contribution >= 0.6 is 0 Å². The van der Waals surface area contributed by atoms with E-state index in [1.807, 2.05) is 20.8 Å². The molecule has 2 aromatic rings. The lowest BCUT2D eigenvalue weighted by Gasteiger charge is -2.37. The van der Waals surface area contributed by atoms with Crippen molar-refractivity contribution in [2.75, 3.05) is 6.54 Å². The molecule has 1 aromatic carbocycles. The zero-order valence-electron chi connectivity index (χ0n) is 14.1. The monoisotopic (exact) mass is 333 g/mol. The van der Waals surface area contributed by atoms with Crippen LogP contribution in [0.25, 0.3) is 0 Å². The van der Waals surface area contributed by atoms with Crippen molar-refractivity contribution in [3.63, 3.8) is 0 Å². The van der Waals surface area contributed by atoms with Crippen molar-refractivity contribution in [2.24, 2.45) is 0 Å². The number of H-pyrrole nitrogens is 1. The van der Waals surface area contributed by atoms with E-state index in [-0.39, 0.29) is 18.4 Å². The number of benzene rings is 1. The second-order valence-corrected chi connectivity index (χ2v) is 6.32. The first-order valence-corrected chi connectivity index (χ1v) is 8.20. The number of aromatic nitrogens is 2. The number of amides is 1. The number of aromatic amines is 1. The van der Waals surface area contributed by atoms with Gasteiger partial charge in [-0.2, -0.15) is 5.10 Å². The predicted octanol–water partition coefficient (Wildman–Crippen LogP) is 3.38. The molecule has 0 aliphatic carbocycles. The molecule has 0 bridgehead atoms. The average molecular weight is 333 g/mol. The van der Waals surface area contributed by atoms with Crippen LogP contribution in [0.5, 0.6) is 0 Å². The van der Waals surface area contributed by atoms with E-state index in [2.05, 4.69) is 10.2 Å². The third-order valence-electron chi connectivity index (χ3n) is 4.86. The molecule has 1 aliphatic heterocycles. The highest BCUT2D eigenvalue weighted by molar-refractivity contribution is 5.80. The van der Waals surface area contributed by atoms with Crippen molar-refractivity contribution in [2.45, 2.75) is 46.1 Å². The van der Waals surface area contributed by atoms with E-state index in [0.717, 1.165) is 28.1 Å². The van der Waals surface area contributed by atoms with Gasteiger partial charge in [0.15, 0.2) is 11.6 Å². The molecule has 1 aliphatic rings. The summed E-state index contributed by atoms with van der Waals surface area (Å²) in [5, 5.41) is 7.01. The molecule has 2 heterocycles. The van der Waals surface area contributed by atoms with Crippen LogP contribution in [0.1, 0.15) is 47.5 Å². The summed E-state index contributed by atoms with van der Waals surface area (Å²) >= 11 is 0. The van der Waals surface area contributed by atoms with Crippen LogP contribution in [0.4, 0.5) is 8.78 Å². The lowest BCUT2D eigenvalue weighted by molar-refractivity contribution is -0.133. The summed E-state index contributed by atoms with van der Waals surface area (Å²) in [6, 6.07) is 2.29. The molecular formula is C18H21F2N3O. The highest BCUT2D eigenvalue weighted by Gasteiger charge is 2.31. The van der Waals surface area contributed by atoms with E-state index < -0.39 is 11.6 Å². The molecular weight excluding hydrogens is 312 g/mol. The molecule has 1 aromatic heterocycles. The third-order valence-corrected chi connectivity index (χ3v) is 4.86. The van der Waals surface area contributed by atoms with E-state index in [9.17, 15) is 13.6 Å². The maximum Gasteiger partial charge on any atom is 0.227 e. The van der Waals surface area contributed by atoms with Gasteiger partial charge in [-0.25, -0.2) is 8.78 Å². The molecule has 24 heavy (non-hydrogen) atoms. The number of aryl methyl sites for hydroxylation is 2. The van der Waals surface area contributed by atoms with Gasteiger partial charge in [0.2, 0.25) is 5.91 Å². The van der Waals surface area contributed by atoms with Gasteiger partial charge in [-0.3, -0.25) is 9.89 Å². The van der Waals surface area contributed by atoms with E-state index in [4.69, 9.17) is 0 Å². The van der Waals surface area contributed by atoms with E-state index in [0.29, 0.717) is 19.4 Å². The van der Waals surface area contributed by atoms with Gasteiger partial charge in [0.1, 0.15) is 0 Å². The number of halogens is 2. The van der Waals surface area contributed by atoms with Gasteiger partial charge in [-0.15, -0.1) is 0 Å². The van der Waals surface area contributed by atoms with Gasteiger partial charge in [0.05, 0.1) is 18.2 Å². The molecule has 128 valence electrons. The second kappa shape index (κ2) is 6.34. The Hall–Kier alpha value is -2.24. The number of nitrogens with one attached hydrogen (secondary N) is 1. The van der Waals surface area contributed by atoms with Crippen LogP contribution in [0.2, 0.25) is 0 Å². The van der Waals surface area contributed by atoms with Gasteiger partial charge in [-0.1, -0.05) is 6.92 Å². The summed E-state index contributed by atoms with van der Waals surface area (Å²) in [5.41, 5.74) is 4.13. The van der Waals surface area contributed by atoms with Gasteiger partial charge >= 0.3 is 0 Å². The van der Waals surface area contributed by atoms with Crippen LogP contribution in [0.3, 0.4) is 0 Å². The number of carbonyl (C=O) groups excluding carboxylic acids is 1. The SMILES string of the molecule is CC[C@H]1c2cc(F)c(F)cc2CCN1C(=O)Cc1c(C)n[nH]c1C. The summed E-state index contributed by atoms with van der Waals surface area (Å²) in [7, 11) is 0. The molecule has 4 nitrogen and oxygen atoms in total. The van der Waals surface area contributed by atoms with E-state index >= 15 is 0 Å². The number of hydrogen-bond donors (Lipinski definition) is 1. The molecule has 3 rings (SSSR count). The van der Waals surface area contributed by atoms with Crippen LogP contribution in [-0.4, -0.2) is 27.5 Å². The van der Waals surface area contributed by atoms with E-state index in [1.165, 1.54) is 12.1 Å². The Bertz CT molecular complexity index is 765. The molecule has 1 atom stereocenters. The fourth-order valence-corrected chi connectivity index (χ4v) is 3.52. The highest BCUT2D eigenvalue weighted by Crippen LogP contribution is 2.34. The average Bonchev–Trinajstić information content (AvgIpc) is 2.86. The molecule has 6 heteroatoms. The summed E-state index contributed by atoms with van der Waals surface area (Å²) in [4.78, 5) is 14.6. The first-order chi connectivity index (χ1) is 11.4. The van der Waals surface area contributed by atoms with Crippen molar-refractivity contribution in [3.05, 3.63) is 51.8 Å². The fraction of sp³-hybridized carbons (Fsp3) is 0.444. The van der Waals surface area contributed by atoms with Crippen molar-refractivity contribution < 1.29 is 13.6 Å². The number of fused-ring (bicyclic) bond motifs is 1. The summed E-state index contributed by atoms with van der Waals surface area (Å²) in [6.45, 7) is 6.23. The summed E-state index contributed by atoms with van der Waals surface area (Å²) < 4.78 is 27.1. The van der Waals surface area contributed by atoms with E-state index in [1.54, 1.807) is 4.90 Å². The molecule has 1 N–H and O–H groups in total. The molecule has 1 amide bonds. The number of rotatable bonds is 3. The minimum absolute atomic E-state index is 0.00941. The molecule has 0 radical (unpaired) electrons. The Kier molecular flexibility index (Phi) is 4.39. The smallest absolute Gasteiger partial charge is 0.227 e. The number of nitrogens with zero attached hydrogens (tertiary/aromatic N) is 2. The topological polar surface area (TPSA) is 49.0 Å². The Balaban J connectivity index is 1.88. The molecule has 0 unspecified atom stereocenters. The molecule has 0 saturated heterocycles. The standard InChI is InChI=1S/C18H21F2N3O/c1-4-17-14-8-16(20)15(19)7-12(14)5-6-23(17)18(24)9-13-10(2)21-22-11(13)3/h7-8,17H,4-6,9H2,1-3H3,(H,21,22)/t17-/m0/s1. The van der Waals surface area contributed by atoms with Crippen LogP contribution in [0, 0.1) is 25.5 Å². The zero-order valence-corrected chi connectivity index (χ0v) is 14.1. The van der Waals surface area contributed by atoms with Crippen LogP contribution < -0.4 is 0 Å². The number of carbonyl (C=O) groups is 1. The predicted molar refractivity (Wildman–Crippen MR) is 86.6 cm³/mol. The quantitative estimate of drug-likeness (QED) is 0.936. The number of hydrogen-bond acceptors (Lipinski definition) is 2. The molecule has 0 fully saturated rings. The lowest BCUT2D eigenvalue weighted by atomic mass is 9.90. The van der Waals surface area contributed by atoms with Crippen molar-refractivity contribution in [3.8, 4) is 0 Å². The Morgan fingerprint density at radius 2 is 2.04 bits per heavy atom. The normalized spacial score (nSPS) is 17.0. The van der Waals surface area contributed by atoms with Gasteiger partial charge in [0, 0.05) is 17.8 Å². The maximum absolute atomic E-state index is 13.7. The summed E-state index contributed by atoms with van der Waals surface area (Å²) in [6.07, 6.45) is 1.47. The Labute approximate surface area is 139 Å². The van der Waals surface area contributed by atoms with Gasteiger partial charge < -0.3 is 4.90 Å². The largest absolute Gasteiger partial charge is 0.335 e. The minimum Gasteiger partial charge on any atom is -0.335 e. The fourth-order valence-electron chi connectivity index (χ4n) is 3.52. The Morgan fingerprint density at radius 3 is 2.67 bits per heavy atom. The third kappa shape index (κ3) is 2.81. The first-order valence-electron chi connectivity index (χ1n) is 8.20. The maximum atomic E-state index is 13.7. The summed E-state index contributed by atoms with van der Waals surface area (Å²) in [5.74, 6) is -1.69. The molecule has 0 saturated carbocycles. The van der Waals surface area contributed by atoms with Crippen molar-refractivity contribution >= 4 is 5.91 Å². The highest BCUT2D eigenvalue weighted by atomic mass is 19.2. The van der Waals surface area contributed by atoms with Gasteiger partial charge in [0.25, 0.3) is 0 Å². The van der Waals surface area contributed by atoms with Crippen molar-refractivity contribution in [1.29, 1.82) is 0 Å².